The van der Waals surface area contributed by atoms with E-state index in [0.29, 0.717) is 74.0 Å². The van der Waals surface area contributed by atoms with Crippen LogP contribution >= 0.6 is 0 Å². The van der Waals surface area contributed by atoms with Crippen LogP contribution < -0.4 is 31.5 Å². The molecule has 0 aromatic heterocycles. The lowest BCUT2D eigenvalue weighted by atomic mass is 9.82. The minimum atomic E-state index is -1.43. The summed E-state index contributed by atoms with van der Waals surface area (Å²) in [5.41, 5.74) is 2.17. The molecule has 16 nitrogen and oxygen atoms in total. The van der Waals surface area contributed by atoms with Crippen LogP contribution in [0.2, 0.25) is 0 Å². The molecule has 0 saturated carbocycles. The maximum atomic E-state index is 15.0. The SMILES string of the molecule is CC1COCCN1C.CN[C@@H](C)C(=O)NC(C(=O)N1Cc2ccc(NC(=O)[C@]3(C)CN(C(=O)CN4CCNC(C)C4)c4cc(Cc5ccc(F)cc5)ccc43)cc2C1C(=O)Nc1c(F)cccc1F)C1CCOCC1. The van der Waals surface area contributed by atoms with Crippen LogP contribution in [0, 0.1) is 23.4 Å². The van der Waals surface area contributed by atoms with Gasteiger partial charge < -0.3 is 45.9 Å². The molecule has 4 aromatic carbocycles. The Kier molecular flexibility index (Phi) is 17.7. The molecule has 402 valence electrons. The molecule has 5 aliphatic rings. The standard InChI is InChI=1S/C50H57F3N8O6.C6H13NO/c1-29-25-59(19-18-55-29)27-42(62)61-28-50(3,38-15-10-32(23-41(38)61)22-31-8-12-35(51)13-9-31)49(66)56-36-14-11-34-26-60(45(37(34)24-36)47(64)58-44-39(52)6-5-7-40(44)53)48(65)43(33-16-20-67-21-17-33)57-46(63)30(2)54-4;1-6-5-8-4-3-7(6)2/h5-15,23-24,29-30,33,43,45,54-55H,16-22,25-28H2,1-4H3,(H,56,66)(H,57,63)(H,58,64);6H,3-5H2,1-2H3/t29?,30-,43?,45?,50+;/m0./s1. The summed E-state index contributed by atoms with van der Waals surface area (Å²) in [4.78, 5) is 78.9. The zero-order valence-electron chi connectivity index (χ0n) is 43.6. The molecule has 6 atom stereocenters. The van der Waals surface area contributed by atoms with Crippen molar-refractivity contribution in [2.45, 2.75) is 89.1 Å². The minimum absolute atomic E-state index is 0.0343. The van der Waals surface area contributed by atoms with E-state index in [4.69, 9.17) is 9.47 Å². The first-order valence-electron chi connectivity index (χ1n) is 25.9. The number of hydrogen-bond acceptors (Lipinski definition) is 11. The van der Waals surface area contributed by atoms with Gasteiger partial charge in [0.05, 0.1) is 31.2 Å². The van der Waals surface area contributed by atoms with Gasteiger partial charge in [-0.25, -0.2) is 13.2 Å². The number of carbonyl (C=O) groups excluding carboxylic acids is 5. The van der Waals surface area contributed by atoms with Crippen molar-refractivity contribution in [3.05, 3.63) is 124 Å². The highest BCUT2D eigenvalue weighted by molar-refractivity contribution is 6.07. The average Bonchev–Trinajstić information content (AvgIpc) is 3.95. The lowest BCUT2D eigenvalue weighted by Crippen LogP contribution is -2.56. The smallest absolute Gasteiger partial charge is 0.252 e. The summed E-state index contributed by atoms with van der Waals surface area (Å²) in [7, 11) is 3.75. The molecule has 19 heteroatoms. The monoisotopic (exact) mass is 1040 g/mol. The number of hydrogen-bond donors (Lipinski definition) is 5. The molecule has 3 saturated heterocycles. The van der Waals surface area contributed by atoms with E-state index in [1.807, 2.05) is 18.2 Å². The van der Waals surface area contributed by atoms with Crippen molar-refractivity contribution in [1.29, 1.82) is 0 Å². The van der Waals surface area contributed by atoms with Crippen molar-refractivity contribution in [2.75, 3.05) is 95.3 Å². The highest BCUT2D eigenvalue weighted by Crippen LogP contribution is 2.44. The van der Waals surface area contributed by atoms with Crippen molar-refractivity contribution in [1.82, 2.24) is 30.7 Å². The van der Waals surface area contributed by atoms with Gasteiger partial charge >= 0.3 is 0 Å². The van der Waals surface area contributed by atoms with Crippen molar-refractivity contribution in [3.63, 3.8) is 0 Å². The summed E-state index contributed by atoms with van der Waals surface area (Å²) in [5, 5.41) is 14.6. The number of ether oxygens (including phenoxy) is 2. The van der Waals surface area contributed by atoms with Gasteiger partial charge in [-0.3, -0.25) is 33.8 Å². The molecule has 9 rings (SSSR count). The topological polar surface area (TPSA) is 177 Å². The van der Waals surface area contributed by atoms with Gasteiger partial charge in [0.25, 0.3) is 5.91 Å². The number of nitrogens with one attached hydrogen (secondary N) is 5. The van der Waals surface area contributed by atoms with Gasteiger partial charge in [0.1, 0.15) is 35.2 Å². The van der Waals surface area contributed by atoms with Crippen LogP contribution in [-0.4, -0.2) is 148 Å². The molecule has 0 radical (unpaired) electrons. The molecular weight excluding hydrogens is 968 g/mol. The number of amides is 5. The van der Waals surface area contributed by atoms with E-state index in [0.717, 1.165) is 49.6 Å². The summed E-state index contributed by atoms with van der Waals surface area (Å²) in [6, 6.07) is 17.7. The molecule has 0 bridgehead atoms. The maximum Gasteiger partial charge on any atom is 0.252 e. The molecule has 5 amide bonds. The summed E-state index contributed by atoms with van der Waals surface area (Å²) < 4.78 is 54.6. The first-order valence-corrected chi connectivity index (χ1v) is 25.9. The Morgan fingerprint density at radius 2 is 1.59 bits per heavy atom. The molecule has 3 fully saturated rings. The van der Waals surface area contributed by atoms with Gasteiger partial charge in [-0.05, 0) is 137 Å². The number of likely N-dealkylation sites (N-methyl/N-ethyl adjacent to an activating group) is 2. The van der Waals surface area contributed by atoms with Crippen molar-refractivity contribution < 1.29 is 46.6 Å². The van der Waals surface area contributed by atoms with E-state index in [-0.39, 0.29) is 49.0 Å². The van der Waals surface area contributed by atoms with E-state index >= 15 is 8.78 Å². The Morgan fingerprint density at radius 3 is 2.25 bits per heavy atom. The molecule has 0 spiro atoms. The summed E-state index contributed by atoms with van der Waals surface area (Å²) >= 11 is 0. The lowest BCUT2D eigenvalue weighted by Gasteiger charge is -2.35. The number of morpholine rings is 1. The average molecular weight is 1040 g/mol. The molecule has 5 N–H and O–H groups in total. The Hall–Kier alpha value is -6.22. The first-order chi connectivity index (χ1) is 35.9. The minimum Gasteiger partial charge on any atom is -0.381 e. The second-order valence-corrected chi connectivity index (χ2v) is 20.7. The molecule has 4 unspecified atom stereocenters. The number of fused-ring (bicyclic) bond motifs is 2. The van der Waals surface area contributed by atoms with E-state index in [2.05, 4.69) is 57.3 Å². The third kappa shape index (κ3) is 12.7. The fraction of sp³-hybridized carbons (Fsp3) is 0.482. The van der Waals surface area contributed by atoms with Crippen LogP contribution in [-0.2, 0) is 51.8 Å². The van der Waals surface area contributed by atoms with E-state index in [1.54, 1.807) is 56.1 Å². The number of carbonyl (C=O) groups is 5. The number of nitrogens with zero attached hydrogens (tertiary/aromatic N) is 4. The van der Waals surface area contributed by atoms with Crippen molar-refractivity contribution in [2.24, 2.45) is 5.92 Å². The number of rotatable bonds is 13. The van der Waals surface area contributed by atoms with Gasteiger partial charge in [-0.2, -0.15) is 0 Å². The number of benzene rings is 4. The fourth-order valence-electron chi connectivity index (χ4n) is 10.5. The van der Waals surface area contributed by atoms with Crippen LogP contribution in [0.4, 0.5) is 30.2 Å². The predicted molar refractivity (Wildman–Crippen MR) is 280 cm³/mol. The Morgan fingerprint density at radius 1 is 0.867 bits per heavy atom. The van der Waals surface area contributed by atoms with Gasteiger partial charge in [-0.1, -0.05) is 36.4 Å². The van der Waals surface area contributed by atoms with Gasteiger partial charge in [0.2, 0.25) is 23.6 Å². The number of para-hydroxylation sites is 1. The van der Waals surface area contributed by atoms with Crippen molar-refractivity contribution >= 4 is 46.6 Å². The zero-order valence-corrected chi connectivity index (χ0v) is 43.6. The van der Waals surface area contributed by atoms with Crippen LogP contribution in [0.5, 0.6) is 0 Å². The van der Waals surface area contributed by atoms with Crippen LogP contribution in [0.3, 0.4) is 0 Å². The molecule has 4 aromatic rings. The predicted octanol–water partition coefficient (Wildman–Crippen LogP) is 5.11. The highest BCUT2D eigenvalue weighted by atomic mass is 19.1. The molecule has 75 heavy (non-hydrogen) atoms. The Labute approximate surface area is 437 Å². The number of halogens is 3. The second kappa shape index (κ2) is 24.2. The molecule has 0 aliphatic carbocycles. The van der Waals surface area contributed by atoms with E-state index in [9.17, 15) is 28.4 Å². The highest BCUT2D eigenvalue weighted by Gasteiger charge is 2.48. The third-order valence-electron chi connectivity index (χ3n) is 15.3. The summed E-state index contributed by atoms with van der Waals surface area (Å²) in [6.07, 6.45) is 1.40. The third-order valence-corrected chi connectivity index (χ3v) is 15.3. The summed E-state index contributed by atoms with van der Waals surface area (Å²) in [5.74, 6) is -5.19. The van der Waals surface area contributed by atoms with Crippen LogP contribution in [0.1, 0.15) is 74.4 Å². The van der Waals surface area contributed by atoms with Gasteiger partial charge in [-0.15, -0.1) is 0 Å². The van der Waals surface area contributed by atoms with E-state index < -0.39 is 64.5 Å². The maximum absolute atomic E-state index is 15.0. The molecule has 5 heterocycles. The van der Waals surface area contributed by atoms with Crippen LogP contribution in [0.25, 0.3) is 0 Å². The fourth-order valence-corrected chi connectivity index (χ4v) is 10.5. The van der Waals surface area contributed by atoms with Gasteiger partial charge in [0, 0.05) is 75.9 Å². The lowest BCUT2D eigenvalue weighted by molar-refractivity contribution is -0.144. The largest absolute Gasteiger partial charge is 0.381 e. The molecular formula is C56H70F3N9O7. The van der Waals surface area contributed by atoms with E-state index in [1.165, 1.54) is 23.1 Å². The zero-order chi connectivity index (χ0) is 53.6. The summed E-state index contributed by atoms with van der Waals surface area (Å²) in [6.45, 7) is 13.5. The Balaban J connectivity index is 0.000000854. The number of piperazine rings is 1. The normalized spacial score (nSPS) is 22.8. The first kappa shape index (κ1) is 55.0. The number of anilines is 3. The quantitative estimate of drug-likeness (QED) is 0.120. The second-order valence-electron chi connectivity index (χ2n) is 20.7. The Bertz CT molecular complexity index is 2700. The van der Waals surface area contributed by atoms with Crippen LogP contribution in [0.15, 0.2) is 78.9 Å². The van der Waals surface area contributed by atoms with Gasteiger partial charge in [0.15, 0.2) is 0 Å². The molecule has 5 aliphatic heterocycles. The van der Waals surface area contributed by atoms with Crippen molar-refractivity contribution in [3.8, 4) is 0 Å².